The summed E-state index contributed by atoms with van der Waals surface area (Å²) in [5.41, 5.74) is 0. The van der Waals surface area contributed by atoms with E-state index >= 15 is 0 Å². The van der Waals surface area contributed by atoms with Crippen molar-refractivity contribution in [2.75, 3.05) is 27.2 Å². The third-order valence-corrected chi connectivity index (χ3v) is 3.63. The first kappa shape index (κ1) is 8.52. The van der Waals surface area contributed by atoms with Gasteiger partial charge in [-0.3, -0.25) is 0 Å². The highest BCUT2D eigenvalue weighted by Crippen LogP contribution is 2.28. The summed E-state index contributed by atoms with van der Waals surface area (Å²) in [6.07, 6.45) is 5.73. The number of nitrogens with zero attached hydrogens (tertiary/aromatic N) is 2. The van der Waals surface area contributed by atoms with E-state index in [2.05, 4.69) is 23.9 Å². The molecule has 0 aromatic carbocycles. The maximum Gasteiger partial charge on any atom is 0.0248 e. The molecule has 0 unspecified atom stereocenters. The highest BCUT2D eigenvalue weighted by Gasteiger charge is 2.34. The zero-order valence-corrected chi connectivity index (χ0v) is 8.29. The van der Waals surface area contributed by atoms with Crippen LogP contribution in [0.3, 0.4) is 0 Å². The maximum absolute atomic E-state index is 2.56. The van der Waals surface area contributed by atoms with Crippen LogP contribution < -0.4 is 0 Å². The van der Waals surface area contributed by atoms with Crippen LogP contribution in [-0.2, 0) is 0 Å². The van der Waals surface area contributed by atoms with Crippen LogP contribution in [0.15, 0.2) is 0 Å². The summed E-state index contributed by atoms with van der Waals surface area (Å²) in [5, 5.41) is 0. The fourth-order valence-electron chi connectivity index (χ4n) is 2.77. The number of hydrogen-bond acceptors (Lipinski definition) is 2. The second-order valence-corrected chi connectivity index (χ2v) is 4.38. The molecule has 2 nitrogen and oxygen atoms in total. The molecule has 0 bridgehead atoms. The standard InChI is InChI=1S/C10H20N2/c1-11-7-8-12(2)10-6-4-3-5-9(10)11/h9-10H,3-8H2,1-2H3/t9-,10+. The van der Waals surface area contributed by atoms with Gasteiger partial charge in [-0.1, -0.05) is 12.8 Å². The molecular weight excluding hydrogens is 148 g/mol. The Hall–Kier alpha value is -0.0800. The van der Waals surface area contributed by atoms with Gasteiger partial charge in [0.15, 0.2) is 0 Å². The highest BCUT2D eigenvalue weighted by molar-refractivity contribution is 4.91. The van der Waals surface area contributed by atoms with Gasteiger partial charge in [0, 0.05) is 25.2 Å². The van der Waals surface area contributed by atoms with E-state index in [0.29, 0.717) is 0 Å². The van der Waals surface area contributed by atoms with Crippen molar-refractivity contribution < 1.29 is 0 Å². The van der Waals surface area contributed by atoms with E-state index in [0.717, 1.165) is 12.1 Å². The van der Waals surface area contributed by atoms with Crippen molar-refractivity contribution >= 4 is 0 Å². The molecule has 0 spiro atoms. The third-order valence-electron chi connectivity index (χ3n) is 3.63. The molecule has 0 amide bonds. The highest BCUT2D eigenvalue weighted by atomic mass is 15.3. The van der Waals surface area contributed by atoms with Crippen LogP contribution in [0.2, 0.25) is 0 Å². The van der Waals surface area contributed by atoms with Gasteiger partial charge in [0.1, 0.15) is 0 Å². The Balaban J connectivity index is 2.05. The van der Waals surface area contributed by atoms with Gasteiger partial charge in [-0.2, -0.15) is 0 Å². The normalized spacial score (nSPS) is 39.5. The monoisotopic (exact) mass is 168 g/mol. The molecule has 0 aromatic heterocycles. The van der Waals surface area contributed by atoms with Gasteiger partial charge in [-0.25, -0.2) is 0 Å². The molecule has 2 atom stereocenters. The Morgan fingerprint density at radius 1 is 0.833 bits per heavy atom. The van der Waals surface area contributed by atoms with E-state index in [-0.39, 0.29) is 0 Å². The summed E-state index contributed by atoms with van der Waals surface area (Å²) >= 11 is 0. The van der Waals surface area contributed by atoms with Crippen molar-refractivity contribution in [3.63, 3.8) is 0 Å². The minimum Gasteiger partial charge on any atom is -0.301 e. The third kappa shape index (κ3) is 1.38. The summed E-state index contributed by atoms with van der Waals surface area (Å²) in [6, 6.07) is 1.72. The Morgan fingerprint density at radius 3 is 1.67 bits per heavy atom. The molecule has 2 aliphatic rings. The lowest BCUT2D eigenvalue weighted by Crippen LogP contribution is -2.57. The molecule has 12 heavy (non-hydrogen) atoms. The fraction of sp³-hybridized carbons (Fsp3) is 1.00. The summed E-state index contributed by atoms with van der Waals surface area (Å²) < 4.78 is 0. The Kier molecular flexibility index (Phi) is 2.37. The Labute approximate surface area is 75.5 Å². The maximum atomic E-state index is 2.56. The van der Waals surface area contributed by atoms with E-state index < -0.39 is 0 Å². The van der Waals surface area contributed by atoms with Crippen LogP contribution in [0.4, 0.5) is 0 Å². The fourth-order valence-corrected chi connectivity index (χ4v) is 2.77. The SMILES string of the molecule is CN1CCN(C)[C@H]2CCCC[C@H]21. The summed E-state index contributed by atoms with van der Waals surface area (Å²) in [6.45, 7) is 2.52. The average molecular weight is 168 g/mol. The van der Waals surface area contributed by atoms with Gasteiger partial charge in [0.25, 0.3) is 0 Å². The number of piperazine rings is 1. The van der Waals surface area contributed by atoms with Crippen LogP contribution in [0, 0.1) is 0 Å². The van der Waals surface area contributed by atoms with Crippen molar-refractivity contribution in [3.05, 3.63) is 0 Å². The molecule has 1 saturated heterocycles. The molecule has 0 radical (unpaired) electrons. The van der Waals surface area contributed by atoms with Gasteiger partial charge in [0.05, 0.1) is 0 Å². The second kappa shape index (κ2) is 3.35. The van der Waals surface area contributed by atoms with E-state index in [1.54, 1.807) is 0 Å². The zero-order chi connectivity index (χ0) is 8.55. The Morgan fingerprint density at radius 2 is 1.25 bits per heavy atom. The number of hydrogen-bond donors (Lipinski definition) is 0. The summed E-state index contributed by atoms with van der Waals surface area (Å²) in [4.78, 5) is 5.12. The first-order chi connectivity index (χ1) is 5.79. The molecule has 1 saturated carbocycles. The largest absolute Gasteiger partial charge is 0.301 e. The lowest BCUT2D eigenvalue weighted by Gasteiger charge is -2.47. The lowest BCUT2D eigenvalue weighted by molar-refractivity contribution is 0.0263. The molecule has 1 aliphatic heterocycles. The van der Waals surface area contributed by atoms with Gasteiger partial charge < -0.3 is 9.80 Å². The minimum absolute atomic E-state index is 0.859. The molecule has 0 N–H and O–H groups in total. The van der Waals surface area contributed by atoms with Crippen molar-refractivity contribution in [2.24, 2.45) is 0 Å². The zero-order valence-electron chi connectivity index (χ0n) is 8.29. The molecule has 1 aliphatic carbocycles. The summed E-state index contributed by atoms with van der Waals surface area (Å²) in [5.74, 6) is 0. The van der Waals surface area contributed by atoms with Crippen molar-refractivity contribution in [1.29, 1.82) is 0 Å². The van der Waals surface area contributed by atoms with Crippen LogP contribution in [0.5, 0.6) is 0 Å². The Bertz CT molecular complexity index is 140. The topological polar surface area (TPSA) is 6.48 Å². The quantitative estimate of drug-likeness (QED) is 0.536. The molecule has 2 heteroatoms. The number of rotatable bonds is 0. The van der Waals surface area contributed by atoms with Crippen molar-refractivity contribution in [1.82, 2.24) is 9.80 Å². The molecule has 2 rings (SSSR count). The molecule has 2 fully saturated rings. The van der Waals surface area contributed by atoms with Crippen molar-refractivity contribution in [3.8, 4) is 0 Å². The first-order valence-electron chi connectivity index (χ1n) is 5.19. The predicted molar refractivity (Wildman–Crippen MR) is 51.3 cm³/mol. The van der Waals surface area contributed by atoms with Crippen LogP contribution in [-0.4, -0.2) is 49.1 Å². The van der Waals surface area contributed by atoms with Gasteiger partial charge in [0.2, 0.25) is 0 Å². The van der Waals surface area contributed by atoms with E-state index in [4.69, 9.17) is 0 Å². The number of fused-ring (bicyclic) bond motifs is 1. The van der Waals surface area contributed by atoms with E-state index in [1.807, 2.05) is 0 Å². The van der Waals surface area contributed by atoms with Crippen LogP contribution in [0.25, 0.3) is 0 Å². The van der Waals surface area contributed by atoms with Crippen LogP contribution in [0.1, 0.15) is 25.7 Å². The molecular formula is C10H20N2. The van der Waals surface area contributed by atoms with Gasteiger partial charge >= 0.3 is 0 Å². The van der Waals surface area contributed by atoms with Crippen molar-refractivity contribution in [2.45, 2.75) is 37.8 Å². The summed E-state index contributed by atoms with van der Waals surface area (Å²) in [7, 11) is 4.58. The molecule has 0 aromatic rings. The van der Waals surface area contributed by atoms with Gasteiger partial charge in [-0.15, -0.1) is 0 Å². The molecule has 1 heterocycles. The van der Waals surface area contributed by atoms with E-state index in [1.165, 1.54) is 38.8 Å². The molecule has 70 valence electrons. The smallest absolute Gasteiger partial charge is 0.0248 e. The lowest BCUT2D eigenvalue weighted by atomic mass is 9.87. The van der Waals surface area contributed by atoms with E-state index in [9.17, 15) is 0 Å². The number of likely N-dealkylation sites (N-methyl/N-ethyl adjacent to an activating group) is 2. The van der Waals surface area contributed by atoms with Gasteiger partial charge in [-0.05, 0) is 26.9 Å². The van der Waals surface area contributed by atoms with Crippen LogP contribution >= 0.6 is 0 Å². The first-order valence-corrected chi connectivity index (χ1v) is 5.19. The average Bonchev–Trinajstić information content (AvgIpc) is 2.12. The minimum atomic E-state index is 0.859. The second-order valence-electron chi connectivity index (χ2n) is 4.38. The predicted octanol–water partition coefficient (Wildman–Crippen LogP) is 1.17.